The molecule has 3 rings (SSSR count). The highest BCUT2D eigenvalue weighted by molar-refractivity contribution is 5.85. The van der Waals surface area contributed by atoms with Crippen LogP contribution < -0.4 is 16.0 Å². The highest BCUT2D eigenvalue weighted by Crippen LogP contribution is 2.24. The van der Waals surface area contributed by atoms with E-state index < -0.39 is 0 Å². The van der Waals surface area contributed by atoms with E-state index in [2.05, 4.69) is 35.8 Å². The minimum absolute atomic E-state index is 0. The molecule has 0 saturated heterocycles. The van der Waals surface area contributed by atoms with Crippen molar-refractivity contribution < 1.29 is 4.39 Å². The zero-order chi connectivity index (χ0) is 20.6. The van der Waals surface area contributed by atoms with E-state index in [0.717, 1.165) is 24.3 Å². The number of benzene rings is 1. The Bertz CT molecular complexity index is 911. The van der Waals surface area contributed by atoms with Crippen molar-refractivity contribution in [3.8, 4) is 0 Å². The number of nitrogens with zero attached hydrogens (tertiary/aromatic N) is 4. The van der Waals surface area contributed by atoms with Crippen LogP contribution in [0.15, 0.2) is 55.0 Å². The third-order valence-electron chi connectivity index (χ3n) is 4.27. The van der Waals surface area contributed by atoms with Crippen LogP contribution >= 0.6 is 24.8 Å². The molecule has 10 heteroatoms. The van der Waals surface area contributed by atoms with Crippen molar-refractivity contribution in [1.29, 1.82) is 0 Å². The van der Waals surface area contributed by atoms with Crippen LogP contribution in [0.3, 0.4) is 0 Å². The van der Waals surface area contributed by atoms with Gasteiger partial charge in [-0.15, -0.1) is 24.8 Å². The SMILES string of the molecule is C[C@H](Nc1cc(NCCN(C)C)cc(Nc2cnccn2)n1)c1ccc(F)cc1.Cl.Cl. The maximum absolute atomic E-state index is 13.2. The lowest BCUT2D eigenvalue weighted by molar-refractivity contribution is 0.425. The van der Waals surface area contributed by atoms with Gasteiger partial charge in [-0.2, -0.15) is 0 Å². The molecule has 7 nitrogen and oxygen atoms in total. The molecule has 0 aliphatic rings. The number of likely N-dealkylation sites (N-methyl/N-ethyl adjacent to an activating group) is 1. The molecule has 0 bridgehead atoms. The third kappa shape index (κ3) is 8.53. The fraction of sp³-hybridized carbons (Fsp3) is 0.286. The summed E-state index contributed by atoms with van der Waals surface area (Å²) in [5.74, 6) is 1.71. The van der Waals surface area contributed by atoms with Gasteiger partial charge in [0.05, 0.1) is 6.20 Å². The zero-order valence-electron chi connectivity index (χ0n) is 17.7. The maximum atomic E-state index is 13.2. The number of halogens is 3. The van der Waals surface area contributed by atoms with Gasteiger partial charge in [-0.05, 0) is 38.7 Å². The molecule has 0 aliphatic carbocycles. The minimum Gasteiger partial charge on any atom is -0.384 e. The Morgan fingerprint density at radius 2 is 1.71 bits per heavy atom. The molecule has 0 saturated carbocycles. The first-order valence-corrected chi connectivity index (χ1v) is 9.45. The predicted octanol–water partition coefficient (Wildman–Crippen LogP) is 4.74. The number of hydrogen-bond acceptors (Lipinski definition) is 7. The molecule has 3 aromatic rings. The smallest absolute Gasteiger partial charge is 0.150 e. The molecule has 0 radical (unpaired) electrons. The Kier molecular flexibility index (Phi) is 11.0. The molecule has 31 heavy (non-hydrogen) atoms. The summed E-state index contributed by atoms with van der Waals surface area (Å²) in [6.45, 7) is 3.72. The van der Waals surface area contributed by atoms with E-state index in [1.54, 1.807) is 30.7 Å². The Labute approximate surface area is 194 Å². The van der Waals surface area contributed by atoms with Crippen LogP contribution in [0.25, 0.3) is 0 Å². The largest absolute Gasteiger partial charge is 0.384 e. The first-order chi connectivity index (χ1) is 14.0. The quantitative estimate of drug-likeness (QED) is 0.419. The average Bonchev–Trinajstić information content (AvgIpc) is 2.69. The number of nitrogens with one attached hydrogen (secondary N) is 3. The predicted molar refractivity (Wildman–Crippen MR) is 130 cm³/mol. The monoisotopic (exact) mass is 467 g/mol. The second-order valence-corrected chi connectivity index (χ2v) is 6.99. The molecular formula is C21H28Cl2FN7. The van der Waals surface area contributed by atoms with Gasteiger partial charge in [0.25, 0.3) is 0 Å². The zero-order valence-corrected chi connectivity index (χ0v) is 19.3. The molecule has 2 heterocycles. The van der Waals surface area contributed by atoms with Crippen LogP contribution in [-0.2, 0) is 0 Å². The summed E-state index contributed by atoms with van der Waals surface area (Å²) in [5.41, 5.74) is 1.91. The fourth-order valence-electron chi connectivity index (χ4n) is 2.75. The first-order valence-electron chi connectivity index (χ1n) is 9.45. The molecule has 1 aromatic carbocycles. The van der Waals surface area contributed by atoms with E-state index in [4.69, 9.17) is 0 Å². The summed E-state index contributed by atoms with van der Waals surface area (Å²) < 4.78 is 13.2. The van der Waals surface area contributed by atoms with Crippen LogP contribution in [0.4, 0.5) is 27.5 Å². The van der Waals surface area contributed by atoms with E-state index >= 15 is 0 Å². The van der Waals surface area contributed by atoms with Gasteiger partial charge in [-0.1, -0.05) is 12.1 Å². The minimum atomic E-state index is -0.248. The Hall–Kier alpha value is -2.68. The highest BCUT2D eigenvalue weighted by atomic mass is 35.5. The lowest BCUT2D eigenvalue weighted by Crippen LogP contribution is -2.21. The third-order valence-corrected chi connectivity index (χ3v) is 4.27. The van der Waals surface area contributed by atoms with Crippen molar-refractivity contribution in [3.63, 3.8) is 0 Å². The summed E-state index contributed by atoms with van der Waals surface area (Å²) in [6.07, 6.45) is 4.88. The van der Waals surface area contributed by atoms with Crippen molar-refractivity contribution in [2.24, 2.45) is 0 Å². The second-order valence-electron chi connectivity index (χ2n) is 6.99. The number of anilines is 4. The first kappa shape index (κ1) is 26.4. The van der Waals surface area contributed by atoms with Crippen molar-refractivity contribution in [2.75, 3.05) is 43.1 Å². The van der Waals surface area contributed by atoms with Crippen LogP contribution in [-0.4, -0.2) is 47.0 Å². The van der Waals surface area contributed by atoms with Gasteiger partial charge in [-0.25, -0.2) is 14.4 Å². The molecule has 2 aromatic heterocycles. The summed E-state index contributed by atoms with van der Waals surface area (Å²) in [4.78, 5) is 15.1. The van der Waals surface area contributed by atoms with E-state index in [-0.39, 0.29) is 36.7 Å². The van der Waals surface area contributed by atoms with Crippen molar-refractivity contribution in [2.45, 2.75) is 13.0 Å². The molecular weight excluding hydrogens is 440 g/mol. The van der Waals surface area contributed by atoms with E-state index in [1.165, 1.54) is 12.1 Å². The summed E-state index contributed by atoms with van der Waals surface area (Å²) >= 11 is 0. The molecule has 0 fully saturated rings. The number of hydrogen-bond donors (Lipinski definition) is 3. The Balaban J connectivity index is 0.00000240. The van der Waals surface area contributed by atoms with Crippen LogP contribution in [0.5, 0.6) is 0 Å². The lowest BCUT2D eigenvalue weighted by atomic mass is 10.1. The van der Waals surface area contributed by atoms with Gasteiger partial charge in [0, 0.05) is 49.3 Å². The van der Waals surface area contributed by atoms with Gasteiger partial charge < -0.3 is 20.9 Å². The lowest BCUT2D eigenvalue weighted by Gasteiger charge is -2.18. The Morgan fingerprint density at radius 1 is 1.00 bits per heavy atom. The van der Waals surface area contributed by atoms with Crippen molar-refractivity contribution in [1.82, 2.24) is 19.9 Å². The molecule has 0 unspecified atom stereocenters. The van der Waals surface area contributed by atoms with Crippen molar-refractivity contribution >= 4 is 48.0 Å². The number of aromatic nitrogens is 3. The van der Waals surface area contributed by atoms with Gasteiger partial charge in [0.15, 0.2) is 0 Å². The molecule has 1 atom stereocenters. The van der Waals surface area contributed by atoms with E-state index in [0.29, 0.717) is 17.5 Å². The highest BCUT2D eigenvalue weighted by Gasteiger charge is 2.09. The summed E-state index contributed by atoms with van der Waals surface area (Å²) in [5, 5.41) is 9.98. The molecule has 0 aliphatic heterocycles. The van der Waals surface area contributed by atoms with E-state index in [1.807, 2.05) is 33.2 Å². The number of rotatable bonds is 9. The van der Waals surface area contributed by atoms with Gasteiger partial charge in [0.1, 0.15) is 23.3 Å². The molecule has 3 N–H and O–H groups in total. The summed E-state index contributed by atoms with van der Waals surface area (Å²) in [7, 11) is 4.07. The van der Waals surface area contributed by atoms with E-state index in [9.17, 15) is 4.39 Å². The molecule has 0 spiro atoms. The van der Waals surface area contributed by atoms with Gasteiger partial charge >= 0.3 is 0 Å². The van der Waals surface area contributed by atoms with Crippen LogP contribution in [0.2, 0.25) is 0 Å². The standard InChI is InChI=1S/C21H26FN7.2ClH/c1-15(16-4-6-17(22)7-5-16)26-19-12-18(24-10-11-29(2)3)13-20(27-19)28-21-14-23-8-9-25-21;;/h4-9,12-15H,10-11H2,1-3H3,(H3,24,25,26,27,28);2*1H/t15-;;/m0../s1. The number of pyridine rings is 1. The van der Waals surface area contributed by atoms with Crippen LogP contribution in [0.1, 0.15) is 18.5 Å². The molecule has 168 valence electrons. The maximum Gasteiger partial charge on any atom is 0.150 e. The fourth-order valence-corrected chi connectivity index (χ4v) is 2.75. The summed E-state index contributed by atoms with van der Waals surface area (Å²) in [6, 6.07) is 10.3. The Morgan fingerprint density at radius 3 is 2.35 bits per heavy atom. The topological polar surface area (TPSA) is 78.0 Å². The van der Waals surface area contributed by atoms with Crippen molar-refractivity contribution in [3.05, 3.63) is 66.4 Å². The normalized spacial score (nSPS) is 11.1. The van der Waals surface area contributed by atoms with Gasteiger partial charge in [0.2, 0.25) is 0 Å². The molecule has 0 amide bonds. The van der Waals surface area contributed by atoms with Gasteiger partial charge in [-0.3, -0.25) is 4.98 Å². The van der Waals surface area contributed by atoms with Crippen LogP contribution in [0, 0.1) is 5.82 Å². The second kappa shape index (κ2) is 12.9. The average molecular weight is 468 g/mol.